The van der Waals surface area contributed by atoms with Crippen LogP contribution in [0, 0.1) is 0 Å². The van der Waals surface area contributed by atoms with E-state index in [1.807, 2.05) is 0 Å². The summed E-state index contributed by atoms with van der Waals surface area (Å²) in [6, 6.07) is 65.5. The number of hydrogen-bond acceptors (Lipinski definition) is 2. The van der Waals surface area contributed by atoms with Gasteiger partial charge in [-0.05, 0) is 81.6 Å². The number of para-hydroxylation sites is 1. The predicted octanol–water partition coefficient (Wildman–Crippen LogP) is 13.2. The summed E-state index contributed by atoms with van der Waals surface area (Å²) in [5.41, 5.74) is 13.5. The van der Waals surface area contributed by atoms with Gasteiger partial charge in [0.25, 0.3) is 0 Å². The van der Waals surface area contributed by atoms with Crippen LogP contribution in [0.1, 0.15) is 23.6 Å². The van der Waals surface area contributed by atoms with Crippen LogP contribution in [0.4, 0.5) is 17.1 Å². The number of benzene rings is 8. The second kappa shape index (κ2) is 11.1. The van der Waals surface area contributed by atoms with Gasteiger partial charge < -0.3 is 9.32 Å². The van der Waals surface area contributed by atoms with E-state index in [4.69, 9.17) is 4.42 Å². The first kappa shape index (κ1) is 28.6. The number of anilines is 3. The maximum absolute atomic E-state index is 6.99. The van der Waals surface area contributed by atoms with E-state index >= 15 is 0 Å². The van der Waals surface area contributed by atoms with Gasteiger partial charge in [-0.2, -0.15) is 0 Å². The molecule has 0 atom stereocenters. The summed E-state index contributed by atoms with van der Waals surface area (Å²) in [4.78, 5) is 2.36. The van der Waals surface area contributed by atoms with Gasteiger partial charge in [-0.1, -0.05) is 152 Å². The molecule has 0 N–H and O–H groups in total. The number of hydrogen-bond donors (Lipinski definition) is 0. The van der Waals surface area contributed by atoms with E-state index in [1.54, 1.807) is 0 Å². The molecule has 0 saturated heterocycles. The first-order valence-electron chi connectivity index (χ1n) is 17.3. The maximum atomic E-state index is 6.99. The van der Waals surface area contributed by atoms with Crippen molar-refractivity contribution in [1.82, 2.24) is 0 Å². The summed E-state index contributed by atoms with van der Waals surface area (Å²) in [5, 5.41) is 4.65. The van der Waals surface area contributed by atoms with Crippen LogP contribution >= 0.6 is 0 Å². The lowest BCUT2D eigenvalue weighted by Crippen LogP contribution is -2.22. The summed E-state index contributed by atoms with van der Waals surface area (Å²) in [7, 11) is 0. The molecule has 0 spiro atoms. The molecule has 0 fully saturated rings. The zero-order valence-electron chi connectivity index (χ0n) is 27.7. The lowest BCUT2D eigenvalue weighted by atomic mass is 9.73. The Kier molecular flexibility index (Phi) is 6.34. The molecule has 1 aromatic heterocycles. The van der Waals surface area contributed by atoms with Crippen LogP contribution in [0.15, 0.2) is 186 Å². The summed E-state index contributed by atoms with van der Waals surface area (Å²) >= 11 is 0. The summed E-state index contributed by atoms with van der Waals surface area (Å²) < 4.78 is 6.99. The molecule has 236 valence electrons. The van der Waals surface area contributed by atoms with Crippen molar-refractivity contribution in [3.05, 3.63) is 199 Å². The molecule has 0 amide bonds. The standard InChI is InChI=1S/C48H33NO/c1-48(40-22-9-7-19-37(40)38-20-8-10-23-41(38)48)42-24-13-27-45-46(42)39-21-12-26-44(47(39)50-45)49(43-25-11-17-34-16-5-6-18-36(34)43)35-30-28-33(29-31-35)32-14-3-2-4-15-32/h2-31H,1H3. The van der Waals surface area contributed by atoms with Crippen molar-refractivity contribution in [3.63, 3.8) is 0 Å². The molecule has 0 aliphatic heterocycles. The van der Waals surface area contributed by atoms with Crippen molar-refractivity contribution < 1.29 is 4.42 Å². The van der Waals surface area contributed by atoms with Crippen molar-refractivity contribution in [2.45, 2.75) is 12.3 Å². The molecule has 0 unspecified atom stereocenters. The van der Waals surface area contributed by atoms with Crippen molar-refractivity contribution in [2.24, 2.45) is 0 Å². The topological polar surface area (TPSA) is 16.4 Å². The highest BCUT2D eigenvalue weighted by Gasteiger charge is 2.42. The van der Waals surface area contributed by atoms with Gasteiger partial charge in [-0.3, -0.25) is 0 Å². The van der Waals surface area contributed by atoms with Gasteiger partial charge in [-0.25, -0.2) is 0 Å². The van der Waals surface area contributed by atoms with Crippen LogP contribution < -0.4 is 4.90 Å². The second-order valence-corrected chi connectivity index (χ2v) is 13.4. The molecular formula is C48H33NO. The average molecular weight is 640 g/mol. The van der Waals surface area contributed by atoms with Crippen molar-refractivity contribution >= 4 is 49.8 Å². The van der Waals surface area contributed by atoms with E-state index < -0.39 is 0 Å². The largest absolute Gasteiger partial charge is 0.454 e. The minimum absolute atomic E-state index is 0.345. The van der Waals surface area contributed by atoms with Gasteiger partial charge in [0.05, 0.1) is 11.4 Å². The average Bonchev–Trinajstić information content (AvgIpc) is 3.70. The van der Waals surface area contributed by atoms with E-state index in [1.165, 1.54) is 49.7 Å². The molecule has 1 heterocycles. The van der Waals surface area contributed by atoms with E-state index in [0.29, 0.717) is 0 Å². The molecule has 0 bridgehead atoms. The third-order valence-corrected chi connectivity index (χ3v) is 10.7. The fourth-order valence-corrected chi connectivity index (χ4v) is 8.41. The molecule has 2 heteroatoms. The van der Waals surface area contributed by atoms with Gasteiger partial charge in [0, 0.05) is 27.3 Å². The Labute approximate surface area is 291 Å². The van der Waals surface area contributed by atoms with Crippen LogP contribution in [0.25, 0.3) is 55.0 Å². The third kappa shape index (κ3) is 4.15. The Morgan fingerprint density at radius 3 is 1.78 bits per heavy atom. The fraction of sp³-hybridized carbons (Fsp3) is 0.0417. The highest BCUT2D eigenvalue weighted by Crippen LogP contribution is 2.55. The van der Waals surface area contributed by atoms with Crippen LogP contribution in [-0.2, 0) is 5.41 Å². The van der Waals surface area contributed by atoms with Gasteiger partial charge in [0.2, 0.25) is 0 Å². The van der Waals surface area contributed by atoms with Crippen LogP contribution in [0.5, 0.6) is 0 Å². The van der Waals surface area contributed by atoms with Gasteiger partial charge in [0.1, 0.15) is 5.58 Å². The second-order valence-electron chi connectivity index (χ2n) is 13.4. The van der Waals surface area contributed by atoms with E-state index in [0.717, 1.165) is 39.0 Å². The summed E-state index contributed by atoms with van der Waals surface area (Å²) in [6.45, 7) is 2.38. The molecule has 1 aliphatic rings. The van der Waals surface area contributed by atoms with E-state index in [9.17, 15) is 0 Å². The summed E-state index contributed by atoms with van der Waals surface area (Å²) in [5.74, 6) is 0. The van der Waals surface area contributed by atoms with Gasteiger partial charge in [-0.15, -0.1) is 0 Å². The first-order valence-corrected chi connectivity index (χ1v) is 17.3. The molecule has 9 aromatic rings. The number of fused-ring (bicyclic) bond motifs is 7. The Hall–Kier alpha value is -6.38. The Balaban J connectivity index is 1.23. The first-order chi connectivity index (χ1) is 24.7. The highest BCUT2D eigenvalue weighted by atomic mass is 16.3. The molecule has 2 nitrogen and oxygen atoms in total. The molecule has 10 rings (SSSR count). The minimum Gasteiger partial charge on any atom is -0.454 e. The van der Waals surface area contributed by atoms with Crippen molar-refractivity contribution in [2.75, 3.05) is 4.90 Å². The Bertz CT molecular complexity index is 2670. The maximum Gasteiger partial charge on any atom is 0.159 e. The zero-order valence-corrected chi connectivity index (χ0v) is 27.7. The third-order valence-electron chi connectivity index (χ3n) is 10.7. The highest BCUT2D eigenvalue weighted by molar-refractivity contribution is 6.13. The number of furan rings is 1. The van der Waals surface area contributed by atoms with Crippen LogP contribution in [0.2, 0.25) is 0 Å². The zero-order chi connectivity index (χ0) is 33.2. The number of nitrogens with zero attached hydrogens (tertiary/aromatic N) is 1. The Morgan fingerprint density at radius 2 is 1.00 bits per heavy atom. The molecule has 8 aromatic carbocycles. The smallest absolute Gasteiger partial charge is 0.159 e. The van der Waals surface area contributed by atoms with Crippen LogP contribution in [0.3, 0.4) is 0 Å². The van der Waals surface area contributed by atoms with Gasteiger partial charge in [0.15, 0.2) is 5.58 Å². The summed E-state index contributed by atoms with van der Waals surface area (Å²) in [6.07, 6.45) is 0. The minimum atomic E-state index is -0.345. The lowest BCUT2D eigenvalue weighted by Gasteiger charge is -2.29. The SMILES string of the molecule is CC1(c2cccc3oc4c(N(c5ccc(-c6ccccc6)cc5)c5cccc6ccccc56)cccc4c23)c2ccccc2-c2ccccc21. The predicted molar refractivity (Wildman–Crippen MR) is 209 cm³/mol. The van der Waals surface area contributed by atoms with E-state index in [2.05, 4.69) is 194 Å². The molecular weight excluding hydrogens is 607 g/mol. The number of rotatable bonds is 5. The van der Waals surface area contributed by atoms with Crippen molar-refractivity contribution in [1.29, 1.82) is 0 Å². The monoisotopic (exact) mass is 639 g/mol. The Morgan fingerprint density at radius 1 is 0.440 bits per heavy atom. The van der Waals surface area contributed by atoms with E-state index in [-0.39, 0.29) is 5.41 Å². The van der Waals surface area contributed by atoms with Crippen LogP contribution in [-0.4, -0.2) is 0 Å². The quantitative estimate of drug-likeness (QED) is 0.186. The fourth-order valence-electron chi connectivity index (χ4n) is 8.41. The normalized spacial score (nSPS) is 13.1. The molecule has 0 saturated carbocycles. The molecule has 1 aliphatic carbocycles. The van der Waals surface area contributed by atoms with Gasteiger partial charge >= 0.3 is 0 Å². The van der Waals surface area contributed by atoms with Crippen molar-refractivity contribution in [3.8, 4) is 22.3 Å². The molecule has 50 heavy (non-hydrogen) atoms. The lowest BCUT2D eigenvalue weighted by molar-refractivity contribution is 0.666. The molecule has 0 radical (unpaired) electrons.